The van der Waals surface area contributed by atoms with E-state index in [-0.39, 0.29) is 17.5 Å². The highest BCUT2D eigenvalue weighted by Crippen LogP contribution is 2.28. The molecule has 8 heteroatoms. The zero-order valence-electron chi connectivity index (χ0n) is 9.64. The van der Waals surface area contributed by atoms with Crippen LogP contribution in [0.4, 0.5) is 0 Å². The van der Waals surface area contributed by atoms with Crippen molar-refractivity contribution in [3.8, 4) is 0 Å². The van der Waals surface area contributed by atoms with Crippen LogP contribution in [-0.2, 0) is 10.0 Å². The molecule has 2 rings (SSSR count). The van der Waals surface area contributed by atoms with Crippen LogP contribution < -0.4 is 10.5 Å². The predicted octanol–water partition coefficient (Wildman–Crippen LogP) is 0.842. The fourth-order valence-corrected chi connectivity index (χ4v) is 3.32. The van der Waals surface area contributed by atoms with Crippen LogP contribution in [0, 0.1) is 0 Å². The highest BCUT2D eigenvalue weighted by molar-refractivity contribution is 7.89. The van der Waals surface area contributed by atoms with Gasteiger partial charge in [0, 0.05) is 25.0 Å². The Morgan fingerprint density at radius 2 is 2.33 bits per heavy atom. The van der Waals surface area contributed by atoms with E-state index >= 15 is 0 Å². The number of aromatic nitrogens is 2. The lowest BCUT2D eigenvalue weighted by molar-refractivity contribution is 0.563. The number of nitrogens with two attached hydrogens (primary N) is 1. The second-order valence-corrected chi connectivity index (χ2v) is 6.02. The molecule has 0 bridgehead atoms. The number of pyridine rings is 1. The molecule has 0 aliphatic carbocycles. The number of hydrogen-bond acceptors (Lipinski definition) is 4. The van der Waals surface area contributed by atoms with Crippen molar-refractivity contribution in [1.82, 2.24) is 14.7 Å². The van der Waals surface area contributed by atoms with Gasteiger partial charge in [0.2, 0.25) is 10.0 Å². The Balaban J connectivity index is 2.55. The van der Waals surface area contributed by atoms with Gasteiger partial charge in [0.25, 0.3) is 0 Å². The van der Waals surface area contributed by atoms with E-state index in [4.69, 9.17) is 17.3 Å². The molecule has 6 nitrogen and oxygen atoms in total. The Labute approximate surface area is 110 Å². The molecule has 0 fully saturated rings. The third-order valence-electron chi connectivity index (χ3n) is 2.49. The number of sulfonamides is 1. The van der Waals surface area contributed by atoms with Crippen LogP contribution in [0.25, 0.3) is 11.0 Å². The first kappa shape index (κ1) is 13.3. The summed E-state index contributed by atoms with van der Waals surface area (Å²) in [4.78, 5) is 6.88. The molecule has 0 radical (unpaired) electrons. The van der Waals surface area contributed by atoms with Crippen molar-refractivity contribution in [2.24, 2.45) is 5.73 Å². The number of nitrogens with one attached hydrogen (secondary N) is 2. The minimum Gasteiger partial charge on any atom is -0.345 e. The Morgan fingerprint density at radius 1 is 1.61 bits per heavy atom. The second-order valence-electron chi connectivity index (χ2n) is 3.93. The first-order chi connectivity index (χ1) is 8.45. The quantitative estimate of drug-likeness (QED) is 0.776. The second kappa shape index (κ2) is 4.85. The molecular weight excluding hydrogens is 276 g/mol. The summed E-state index contributed by atoms with van der Waals surface area (Å²) in [6.07, 6.45) is 2.88. The lowest BCUT2D eigenvalue weighted by Gasteiger charge is -2.11. The van der Waals surface area contributed by atoms with Crippen molar-refractivity contribution in [1.29, 1.82) is 0 Å². The Bertz CT molecular complexity index is 668. The third kappa shape index (κ3) is 2.35. The van der Waals surface area contributed by atoms with Crippen LogP contribution >= 0.6 is 11.6 Å². The van der Waals surface area contributed by atoms with Gasteiger partial charge >= 0.3 is 0 Å². The molecular formula is C10H13ClN4O2S. The number of aromatic amines is 1. The number of fused-ring (bicyclic) bond motifs is 1. The van der Waals surface area contributed by atoms with Crippen LogP contribution in [0.1, 0.15) is 6.92 Å². The van der Waals surface area contributed by atoms with Crippen LogP contribution in [0.5, 0.6) is 0 Å². The lowest BCUT2D eigenvalue weighted by Crippen LogP contribution is -2.37. The maximum atomic E-state index is 12.2. The number of H-pyrrole nitrogens is 1. The fourth-order valence-electron chi connectivity index (χ4n) is 1.58. The smallest absolute Gasteiger partial charge is 0.243 e. The molecule has 1 atom stereocenters. The normalized spacial score (nSPS) is 13.9. The third-order valence-corrected chi connectivity index (χ3v) is 4.41. The van der Waals surface area contributed by atoms with E-state index in [1.54, 1.807) is 13.0 Å². The minimum atomic E-state index is -3.66. The van der Waals surface area contributed by atoms with Crippen molar-refractivity contribution in [2.45, 2.75) is 17.9 Å². The summed E-state index contributed by atoms with van der Waals surface area (Å²) in [6, 6.07) is 1.19. The minimum absolute atomic E-state index is 0.0795. The van der Waals surface area contributed by atoms with E-state index < -0.39 is 10.0 Å². The number of hydrogen-bond donors (Lipinski definition) is 3. The molecule has 2 aromatic heterocycles. The largest absolute Gasteiger partial charge is 0.345 e. The van der Waals surface area contributed by atoms with Gasteiger partial charge in [0.15, 0.2) is 0 Å². The molecule has 0 unspecified atom stereocenters. The van der Waals surface area contributed by atoms with E-state index in [0.717, 1.165) is 0 Å². The Hall–Kier alpha value is -1.15. The van der Waals surface area contributed by atoms with Crippen molar-refractivity contribution in [3.63, 3.8) is 0 Å². The number of rotatable bonds is 4. The van der Waals surface area contributed by atoms with Gasteiger partial charge in [-0.05, 0) is 13.0 Å². The van der Waals surface area contributed by atoms with Crippen molar-refractivity contribution >= 4 is 32.7 Å². The molecule has 0 aromatic carbocycles. The Morgan fingerprint density at radius 3 is 3.00 bits per heavy atom. The summed E-state index contributed by atoms with van der Waals surface area (Å²) in [6.45, 7) is 1.90. The van der Waals surface area contributed by atoms with Gasteiger partial charge in [-0.2, -0.15) is 0 Å². The molecule has 0 amide bonds. The zero-order valence-corrected chi connectivity index (χ0v) is 11.2. The molecule has 0 spiro atoms. The highest BCUT2D eigenvalue weighted by atomic mass is 35.5. The van der Waals surface area contributed by atoms with Crippen molar-refractivity contribution < 1.29 is 8.42 Å². The van der Waals surface area contributed by atoms with Crippen molar-refractivity contribution in [3.05, 3.63) is 23.5 Å². The summed E-state index contributed by atoms with van der Waals surface area (Å²) in [5.41, 5.74) is 5.84. The molecule has 98 valence electrons. The van der Waals surface area contributed by atoms with Crippen LogP contribution in [0.15, 0.2) is 23.4 Å². The van der Waals surface area contributed by atoms with E-state index in [2.05, 4.69) is 14.7 Å². The first-order valence-electron chi connectivity index (χ1n) is 5.29. The molecule has 18 heavy (non-hydrogen) atoms. The van der Waals surface area contributed by atoms with E-state index in [1.165, 1.54) is 12.4 Å². The average Bonchev–Trinajstić information content (AvgIpc) is 2.74. The summed E-state index contributed by atoms with van der Waals surface area (Å²) in [5.74, 6) is 0. The van der Waals surface area contributed by atoms with Crippen LogP contribution in [-0.4, -0.2) is 31.0 Å². The maximum Gasteiger partial charge on any atom is 0.243 e. The molecule has 0 saturated heterocycles. The van der Waals surface area contributed by atoms with Crippen molar-refractivity contribution in [2.75, 3.05) is 6.54 Å². The van der Waals surface area contributed by atoms with Gasteiger partial charge in [0.05, 0.1) is 10.4 Å². The predicted molar refractivity (Wildman–Crippen MR) is 69.9 cm³/mol. The molecule has 0 aliphatic heterocycles. The molecule has 4 N–H and O–H groups in total. The summed E-state index contributed by atoms with van der Waals surface area (Å²) in [7, 11) is -3.66. The van der Waals surface area contributed by atoms with Gasteiger partial charge < -0.3 is 10.7 Å². The van der Waals surface area contributed by atoms with Gasteiger partial charge in [-0.15, -0.1) is 0 Å². The molecule has 2 aromatic rings. The topological polar surface area (TPSA) is 101 Å². The van der Waals surface area contributed by atoms with Crippen LogP contribution in [0.2, 0.25) is 5.02 Å². The monoisotopic (exact) mass is 288 g/mol. The van der Waals surface area contributed by atoms with Gasteiger partial charge in [0.1, 0.15) is 10.5 Å². The van der Waals surface area contributed by atoms with Gasteiger partial charge in [-0.25, -0.2) is 18.1 Å². The Kier molecular flexibility index (Phi) is 3.58. The van der Waals surface area contributed by atoms with E-state index in [0.29, 0.717) is 16.1 Å². The average molecular weight is 289 g/mol. The van der Waals surface area contributed by atoms with Crippen LogP contribution in [0.3, 0.4) is 0 Å². The summed E-state index contributed by atoms with van der Waals surface area (Å²) in [5, 5.41) is 0.720. The number of halogens is 1. The zero-order chi connectivity index (χ0) is 13.3. The van der Waals surface area contributed by atoms with E-state index in [9.17, 15) is 8.42 Å². The standard InChI is InChI=1S/C10H13ClN4O2S/c1-6(4-12)15-18(16,17)8-5-14-10-9(8)7(11)2-3-13-10/h2-3,5-6,15H,4,12H2,1H3,(H,13,14)/t6-/m0/s1. The lowest BCUT2D eigenvalue weighted by atomic mass is 10.3. The SMILES string of the molecule is C[C@@H](CN)NS(=O)(=O)c1c[nH]c2nccc(Cl)c12. The summed E-state index contributed by atoms with van der Waals surface area (Å²) >= 11 is 6.00. The van der Waals surface area contributed by atoms with Gasteiger partial charge in [-0.1, -0.05) is 11.6 Å². The molecule has 2 heterocycles. The first-order valence-corrected chi connectivity index (χ1v) is 7.16. The van der Waals surface area contributed by atoms with E-state index in [1.807, 2.05) is 0 Å². The molecule has 0 saturated carbocycles. The highest BCUT2D eigenvalue weighted by Gasteiger charge is 2.22. The summed E-state index contributed by atoms with van der Waals surface area (Å²) < 4.78 is 26.8. The van der Waals surface area contributed by atoms with Gasteiger partial charge in [-0.3, -0.25) is 0 Å². The molecule has 0 aliphatic rings. The number of nitrogens with zero attached hydrogens (tertiary/aromatic N) is 1. The fraction of sp³-hybridized carbons (Fsp3) is 0.300. The maximum absolute atomic E-state index is 12.2.